The van der Waals surface area contributed by atoms with Crippen molar-refractivity contribution in [2.24, 2.45) is 5.92 Å². The topological polar surface area (TPSA) is 91.0 Å². The second-order valence-electron chi connectivity index (χ2n) is 5.66. The summed E-state index contributed by atoms with van der Waals surface area (Å²) in [7, 11) is 0. The number of hydrogen-bond acceptors (Lipinski definition) is 4. The van der Waals surface area contributed by atoms with Crippen LogP contribution >= 0.6 is 0 Å². The van der Waals surface area contributed by atoms with Gasteiger partial charge in [0.1, 0.15) is 5.82 Å². The molecule has 0 bridgehead atoms. The summed E-state index contributed by atoms with van der Waals surface area (Å²) >= 11 is 0. The van der Waals surface area contributed by atoms with Crippen LogP contribution in [0.15, 0.2) is 0 Å². The Morgan fingerprint density at radius 2 is 2.05 bits per heavy atom. The van der Waals surface area contributed by atoms with E-state index in [1.54, 1.807) is 4.90 Å². The Hall–Kier alpha value is -1.92. The monoisotopic (exact) mass is 293 g/mol. The third-order valence-electron chi connectivity index (χ3n) is 3.74. The minimum Gasteiger partial charge on any atom is -0.356 e. The fourth-order valence-electron chi connectivity index (χ4n) is 2.43. The zero-order valence-corrected chi connectivity index (χ0v) is 12.8. The van der Waals surface area contributed by atoms with Crippen LogP contribution < -0.4 is 5.32 Å². The average molecular weight is 293 g/mol. The maximum atomic E-state index is 12.3. The van der Waals surface area contributed by atoms with E-state index in [0.29, 0.717) is 32.5 Å². The minimum atomic E-state index is -0.160. The quantitative estimate of drug-likeness (QED) is 0.863. The van der Waals surface area contributed by atoms with Crippen LogP contribution in [0.4, 0.5) is 0 Å². The van der Waals surface area contributed by atoms with E-state index in [1.807, 2.05) is 20.8 Å². The van der Waals surface area contributed by atoms with E-state index in [4.69, 9.17) is 0 Å². The fraction of sp³-hybridized carbons (Fsp3) is 0.714. The summed E-state index contributed by atoms with van der Waals surface area (Å²) < 4.78 is 0. The fourth-order valence-corrected chi connectivity index (χ4v) is 2.43. The van der Waals surface area contributed by atoms with Gasteiger partial charge in [0, 0.05) is 31.5 Å². The second-order valence-corrected chi connectivity index (χ2v) is 5.66. The van der Waals surface area contributed by atoms with Gasteiger partial charge in [-0.05, 0) is 19.8 Å². The van der Waals surface area contributed by atoms with Gasteiger partial charge in [0.2, 0.25) is 11.7 Å². The number of rotatable bonds is 4. The number of amides is 2. The van der Waals surface area contributed by atoms with Gasteiger partial charge < -0.3 is 10.2 Å². The van der Waals surface area contributed by atoms with Crippen molar-refractivity contribution in [3.63, 3.8) is 0 Å². The number of hydrogen-bond donors (Lipinski definition) is 2. The first-order valence-electron chi connectivity index (χ1n) is 7.52. The molecule has 0 atom stereocenters. The molecule has 7 heteroatoms. The van der Waals surface area contributed by atoms with E-state index in [-0.39, 0.29) is 29.5 Å². The smallest absolute Gasteiger partial charge is 0.293 e. The van der Waals surface area contributed by atoms with Gasteiger partial charge in [0.15, 0.2) is 0 Å². The van der Waals surface area contributed by atoms with E-state index in [1.165, 1.54) is 0 Å². The Morgan fingerprint density at radius 1 is 1.38 bits per heavy atom. The first-order chi connectivity index (χ1) is 10.0. The van der Waals surface area contributed by atoms with Crippen LogP contribution in [0, 0.1) is 5.92 Å². The van der Waals surface area contributed by atoms with Gasteiger partial charge in [-0.2, -0.15) is 0 Å². The van der Waals surface area contributed by atoms with Crippen LogP contribution in [0.25, 0.3) is 0 Å². The van der Waals surface area contributed by atoms with Gasteiger partial charge in [-0.1, -0.05) is 13.8 Å². The van der Waals surface area contributed by atoms with Crippen LogP contribution in [-0.2, 0) is 4.79 Å². The normalized spacial score (nSPS) is 16.3. The van der Waals surface area contributed by atoms with Gasteiger partial charge in [-0.25, -0.2) is 4.98 Å². The molecule has 116 valence electrons. The summed E-state index contributed by atoms with van der Waals surface area (Å²) in [5, 5.41) is 9.62. The molecule has 0 unspecified atom stereocenters. The molecular weight excluding hydrogens is 270 g/mol. The molecule has 21 heavy (non-hydrogen) atoms. The SMILES string of the molecule is CCNC(=O)C1CCN(C(=O)c2n[nH]c(C(C)C)n2)CC1. The molecule has 2 amide bonds. The zero-order chi connectivity index (χ0) is 15.4. The van der Waals surface area contributed by atoms with Gasteiger partial charge in [-0.3, -0.25) is 14.7 Å². The Bertz CT molecular complexity index is 503. The second kappa shape index (κ2) is 6.69. The molecule has 1 aliphatic rings. The summed E-state index contributed by atoms with van der Waals surface area (Å²) in [6, 6.07) is 0. The van der Waals surface area contributed by atoms with Crippen molar-refractivity contribution in [1.82, 2.24) is 25.4 Å². The van der Waals surface area contributed by atoms with Crippen LogP contribution in [0.1, 0.15) is 56.0 Å². The number of carbonyl (C=O) groups is 2. The molecular formula is C14H23N5O2. The van der Waals surface area contributed by atoms with Crippen LogP contribution in [0.2, 0.25) is 0 Å². The Labute approximate surface area is 124 Å². The number of aromatic amines is 1. The van der Waals surface area contributed by atoms with Gasteiger partial charge >= 0.3 is 0 Å². The highest BCUT2D eigenvalue weighted by Crippen LogP contribution is 2.19. The van der Waals surface area contributed by atoms with Crippen molar-refractivity contribution in [2.45, 2.75) is 39.5 Å². The van der Waals surface area contributed by atoms with Crippen LogP contribution in [0.5, 0.6) is 0 Å². The highest BCUT2D eigenvalue weighted by molar-refractivity contribution is 5.90. The molecule has 1 saturated heterocycles. The van der Waals surface area contributed by atoms with Crippen LogP contribution in [-0.4, -0.2) is 51.5 Å². The maximum Gasteiger partial charge on any atom is 0.293 e. The van der Waals surface area contributed by atoms with Crippen molar-refractivity contribution in [1.29, 1.82) is 0 Å². The third-order valence-corrected chi connectivity index (χ3v) is 3.74. The first-order valence-corrected chi connectivity index (χ1v) is 7.52. The summed E-state index contributed by atoms with van der Waals surface area (Å²) in [4.78, 5) is 30.1. The Morgan fingerprint density at radius 3 is 2.57 bits per heavy atom. The molecule has 7 nitrogen and oxygen atoms in total. The number of piperidine rings is 1. The lowest BCUT2D eigenvalue weighted by Gasteiger charge is -2.30. The molecule has 1 aromatic rings. The molecule has 1 aliphatic heterocycles. The minimum absolute atomic E-state index is 0.00682. The summed E-state index contributed by atoms with van der Waals surface area (Å²) in [5.74, 6) is 1.08. The molecule has 0 radical (unpaired) electrons. The molecule has 1 fully saturated rings. The standard InChI is InChI=1S/C14H23N5O2/c1-4-15-13(20)10-5-7-19(8-6-10)14(21)12-16-11(9(2)3)17-18-12/h9-10H,4-8H2,1-3H3,(H,15,20)(H,16,17,18). The van der Waals surface area contributed by atoms with E-state index in [9.17, 15) is 9.59 Å². The molecule has 0 aliphatic carbocycles. The summed E-state index contributed by atoms with van der Waals surface area (Å²) in [5.41, 5.74) is 0. The van der Waals surface area contributed by atoms with E-state index < -0.39 is 0 Å². The summed E-state index contributed by atoms with van der Waals surface area (Å²) in [6.45, 7) is 7.69. The number of H-pyrrole nitrogens is 1. The lowest BCUT2D eigenvalue weighted by Crippen LogP contribution is -2.43. The molecule has 2 heterocycles. The maximum absolute atomic E-state index is 12.3. The first kappa shape index (κ1) is 15.5. The zero-order valence-electron chi connectivity index (χ0n) is 12.8. The van der Waals surface area contributed by atoms with Crippen molar-refractivity contribution < 1.29 is 9.59 Å². The van der Waals surface area contributed by atoms with Crippen molar-refractivity contribution in [2.75, 3.05) is 19.6 Å². The van der Waals surface area contributed by atoms with Crippen molar-refractivity contribution in [3.05, 3.63) is 11.6 Å². The predicted molar refractivity (Wildman–Crippen MR) is 77.8 cm³/mol. The molecule has 0 saturated carbocycles. The van der Waals surface area contributed by atoms with E-state index in [0.717, 1.165) is 5.82 Å². The summed E-state index contributed by atoms with van der Waals surface area (Å²) in [6.07, 6.45) is 1.39. The predicted octanol–water partition coefficient (Wildman–Crippen LogP) is 0.916. The molecule has 1 aromatic heterocycles. The van der Waals surface area contributed by atoms with Gasteiger partial charge in [-0.15, -0.1) is 5.10 Å². The van der Waals surface area contributed by atoms with Gasteiger partial charge in [0.25, 0.3) is 5.91 Å². The van der Waals surface area contributed by atoms with Crippen molar-refractivity contribution >= 4 is 11.8 Å². The number of likely N-dealkylation sites (tertiary alicyclic amines) is 1. The molecule has 0 spiro atoms. The van der Waals surface area contributed by atoms with Crippen LogP contribution in [0.3, 0.4) is 0 Å². The number of aromatic nitrogens is 3. The highest BCUT2D eigenvalue weighted by atomic mass is 16.2. The third kappa shape index (κ3) is 3.59. The number of carbonyl (C=O) groups excluding carboxylic acids is 2. The molecule has 2 rings (SSSR count). The lowest BCUT2D eigenvalue weighted by molar-refractivity contribution is -0.126. The Balaban J connectivity index is 1.92. The molecule has 0 aromatic carbocycles. The Kier molecular flexibility index (Phi) is 4.93. The largest absolute Gasteiger partial charge is 0.356 e. The highest BCUT2D eigenvalue weighted by Gasteiger charge is 2.29. The van der Waals surface area contributed by atoms with Crippen molar-refractivity contribution in [3.8, 4) is 0 Å². The van der Waals surface area contributed by atoms with E-state index in [2.05, 4.69) is 20.5 Å². The number of nitrogens with one attached hydrogen (secondary N) is 2. The molecule has 2 N–H and O–H groups in total. The average Bonchev–Trinajstić information content (AvgIpc) is 2.97. The van der Waals surface area contributed by atoms with Gasteiger partial charge in [0.05, 0.1) is 0 Å². The van der Waals surface area contributed by atoms with E-state index >= 15 is 0 Å². The number of nitrogens with zero attached hydrogens (tertiary/aromatic N) is 3. The lowest BCUT2D eigenvalue weighted by atomic mass is 9.96.